The van der Waals surface area contributed by atoms with E-state index in [1.165, 1.54) is 5.56 Å². The van der Waals surface area contributed by atoms with Gasteiger partial charge in [-0.2, -0.15) is 0 Å². The topological polar surface area (TPSA) is 102 Å². The van der Waals surface area contributed by atoms with Crippen molar-refractivity contribution in [3.05, 3.63) is 77.1 Å². The number of benzene rings is 2. The molecule has 0 radical (unpaired) electrons. The molecule has 2 aromatic heterocycles. The molecule has 0 aliphatic heterocycles. The van der Waals surface area contributed by atoms with E-state index in [0.29, 0.717) is 30.8 Å². The van der Waals surface area contributed by atoms with Gasteiger partial charge in [-0.25, -0.2) is 4.98 Å². The number of nitrogens with one attached hydrogen (secondary N) is 2. The first-order chi connectivity index (χ1) is 17.3. The van der Waals surface area contributed by atoms with E-state index in [1.54, 1.807) is 18.3 Å². The van der Waals surface area contributed by atoms with Crippen LogP contribution in [-0.4, -0.2) is 42.2 Å². The number of carbonyl (C=O) groups is 1. The van der Waals surface area contributed by atoms with Crippen molar-refractivity contribution < 1.29 is 9.53 Å². The monoisotopic (exact) mass is 505 g/mol. The minimum Gasteiger partial charge on any atom is -0.380 e. The highest BCUT2D eigenvalue weighted by Gasteiger charge is 2.19. The van der Waals surface area contributed by atoms with E-state index in [1.807, 2.05) is 36.5 Å². The highest BCUT2D eigenvalue weighted by molar-refractivity contribution is 6.30. The number of rotatable bonds is 12. The normalized spacial score (nSPS) is 11.8. The SMILES string of the molecule is CC(C)(NCCCCOCCNc1nc2cc(C(N)=O)ccc2c2cnccc12)c1cccc(Cl)c1. The lowest BCUT2D eigenvalue weighted by molar-refractivity contribution is 0.100. The summed E-state index contributed by atoms with van der Waals surface area (Å²) in [6.07, 6.45) is 5.55. The number of halogens is 1. The molecule has 2 aromatic carbocycles. The molecular formula is C28H32ClN5O2. The van der Waals surface area contributed by atoms with Crippen molar-refractivity contribution in [2.75, 3.05) is 31.6 Å². The third-order valence-electron chi connectivity index (χ3n) is 6.25. The van der Waals surface area contributed by atoms with E-state index >= 15 is 0 Å². The number of hydrogen-bond acceptors (Lipinski definition) is 6. The van der Waals surface area contributed by atoms with Crippen molar-refractivity contribution >= 4 is 45.0 Å². The van der Waals surface area contributed by atoms with Crippen LogP contribution < -0.4 is 16.4 Å². The molecule has 4 N–H and O–H groups in total. The molecule has 0 spiro atoms. The molecule has 0 saturated carbocycles. The van der Waals surface area contributed by atoms with Crippen LogP contribution in [0.15, 0.2) is 60.9 Å². The van der Waals surface area contributed by atoms with Crippen molar-refractivity contribution in [3.63, 3.8) is 0 Å². The summed E-state index contributed by atoms with van der Waals surface area (Å²) in [5.74, 6) is 0.258. The second-order valence-corrected chi connectivity index (χ2v) is 9.72. The third kappa shape index (κ3) is 6.29. The summed E-state index contributed by atoms with van der Waals surface area (Å²) in [5.41, 5.74) is 7.61. The first-order valence-electron chi connectivity index (χ1n) is 12.1. The van der Waals surface area contributed by atoms with Crippen LogP contribution in [0.5, 0.6) is 0 Å². The molecule has 0 unspecified atom stereocenters. The standard InChI is InChI=1S/C28H32ClN5O2/c1-28(2,20-6-5-7-21(29)17-20)33-11-3-4-14-36-15-13-32-27-23-10-12-31-18-24(23)22-9-8-19(26(30)35)16-25(22)34-27/h5-10,12,16-18,33H,3-4,11,13-15H2,1-2H3,(H2,30,35)(H,32,34). The number of carbonyl (C=O) groups excluding carboxylic acids is 1. The molecule has 2 heterocycles. The highest BCUT2D eigenvalue weighted by Crippen LogP contribution is 2.29. The van der Waals surface area contributed by atoms with Crippen LogP contribution in [0.4, 0.5) is 5.82 Å². The Hall–Kier alpha value is -3.26. The molecule has 1 amide bonds. The molecule has 0 aliphatic rings. The van der Waals surface area contributed by atoms with Crippen molar-refractivity contribution in [2.24, 2.45) is 5.73 Å². The molecule has 0 atom stereocenters. The Balaban J connectivity index is 1.24. The zero-order valence-corrected chi connectivity index (χ0v) is 21.4. The fourth-order valence-corrected chi connectivity index (χ4v) is 4.38. The van der Waals surface area contributed by atoms with E-state index in [0.717, 1.165) is 46.4 Å². The average Bonchev–Trinajstić information content (AvgIpc) is 2.87. The summed E-state index contributed by atoms with van der Waals surface area (Å²) in [5, 5.41) is 10.6. The molecule has 4 rings (SSSR count). The number of unbranched alkanes of at least 4 members (excludes halogenated alkanes) is 1. The van der Waals surface area contributed by atoms with Gasteiger partial charge in [0.2, 0.25) is 5.91 Å². The Kier molecular flexibility index (Phi) is 8.36. The van der Waals surface area contributed by atoms with Gasteiger partial charge >= 0.3 is 0 Å². The zero-order chi connectivity index (χ0) is 25.5. The summed E-state index contributed by atoms with van der Waals surface area (Å²) < 4.78 is 5.83. The Labute approximate surface area is 216 Å². The van der Waals surface area contributed by atoms with Crippen molar-refractivity contribution in [1.29, 1.82) is 0 Å². The number of nitrogens with zero attached hydrogens (tertiary/aromatic N) is 2. The molecule has 0 aliphatic carbocycles. The van der Waals surface area contributed by atoms with Gasteiger partial charge in [0.05, 0.1) is 12.1 Å². The maximum atomic E-state index is 11.6. The molecule has 7 nitrogen and oxygen atoms in total. The summed E-state index contributed by atoms with van der Waals surface area (Å²) in [4.78, 5) is 20.6. The number of nitrogens with two attached hydrogens (primary N) is 1. The van der Waals surface area contributed by atoms with Crippen LogP contribution in [0.2, 0.25) is 5.02 Å². The number of primary amides is 1. The number of fused-ring (bicyclic) bond motifs is 3. The number of anilines is 1. The van der Waals surface area contributed by atoms with Gasteiger partial charge in [-0.15, -0.1) is 0 Å². The van der Waals surface area contributed by atoms with Gasteiger partial charge in [0.25, 0.3) is 0 Å². The molecule has 8 heteroatoms. The Morgan fingerprint density at radius 1 is 1.03 bits per heavy atom. The van der Waals surface area contributed by atoms with Crippen LogP contribution in [0, 0.1) is 0 Å². The second kappa shape index (κ2) is 11.6. The summed E-state index contributed by atoms with van der Waals surface area (Å²) in [7, 11) is 0. The maximum absolute atomic E-state index is 11.6. The molecule has 0 saturated heterocycles. The smallest absolute Gasteiger partial charge is 0.248 e. The second-order valence-electron chi connectivity index (χ2n) is 9.29. The van der Waals surface area contributed by atoms with Gasteiger partial charge in [0.15, 0.2) is 0 Å². The van der Waals surface area contributed by atoms with Crippen LogP contribution in [-0.2, 0) is 10.3 Å². The quantitative estimate of drug-likeness (QED) is 0.179. The van der Waals surface area contributed by atoms with Gasteiger partial charge in [-0.1, -0.05) is 29.8 Å². The van der Waals surface area contributed by atoms with Crippen molar-refractivity contribution in [2.45, 2.75) is 32.2 Å². The van der Waals surface area contributed by atoms with Crippen molar-refractivity contribution in [3.8, 4) is 0 Å². The van der Waals surface area contributed by atoms with Crippen LogP contribution in [0.1, 0.15) is 42.6 Å². The average molecular weight is 506 g/mol. The number of hydrogen-bond donors (Lipinski definition) is 3. The Morgan fingerprint density at radius 2 is 1.89 bits per heavy atom. The first-order valence-corrected chi connectivity index (χ1v) is 12.5. The summed E-state index contributed by atoms with van der Waals surface area (Å²) >= 11 is 6.13. The third-order valence-corrected chi connectivity index (χ3v) is 6.48. The predicted octanol–water partition coefficient (Wildman–Crippen LogP) is 5.27. The predicted molar refractivity (Wildman–Crippen MR) is 147 cm³/mol. The minimum atomic E-state index is -0.476. The number of pyridine rings is 2. The lowest BCUT2D eigenvalue weighted by Crippen LogP contribution is -2.37. The van der Waals surface area contributed by atoms with E-state index in [-0.39, 0.29) is 5.54 Å². The fraction of sp³-hybridized carbons (Fsp3) is 0.321. The van der Waals surface area contributed by atoms with Crippen LogP contribution in [0.25, 0.3) is 21.7 Å². The van der Waals surface area contributed by atoms with E-state index in [2.05, 4.69) is 35.5 Å². The van der Waals surface area contributed by atoms with Crippen LogP contribution in [0.3, 0.4) is 0 Å². The van der Waals surface area contributed by atoms with Crippen molar-refractivity contribution in [1.82, 2.24) is 15.3 Å². The summed E-state index contributed by atoms with van der Waals surface area (Å²) in [6.45, 7) is 7.10. The number of ether oxygens (including phenoxy) is 1. The summed E-state index contributed by atoms with van der Waals surface area (Å²) in [6, 6.07) is 15.2. The minimum absolute atomic E-state index is 0.140. The van der Waals surface area contributed by atoms with Gasteiger partial charge in [0, 0.05) is 57.8 Å². The molecule has 0 bridgehead atoms. The van der Waals surface area contributed by atoms with Gasteiger partial charge in [-0.05, 0) is 69.1 Å². The zero-order valence-electron chi connectivity index (χ0n) is 20.7. The van der Waals surface area contributed by atoms with E-state index in [9.17, 15) is 4.79 Å². The lowest BCUT2D eigenvalue weighted by Gasteiger charge is -2.27. The van der Waals surface area contributed by atoms with Gasteiger partial charge in [0.1, 0.15) is 5.82 Å². The molecule has 36 heavy (non-hydrogen) atoms. The molecular weight excluding hydrogens is 474 g/mol. The van der Waals surface area contributed by atoms with Gasteiger partial charge < -0.3 is 21.1 Å². The lowest BCUT2D eigenvalue weighted by atomic mass is 9.94. The number of amides is 1. The molecule has 4 aromatic rings. The molecule has 0 fully saturated rings. The Bertz CT molecular complexity index is 1360. The van der Waals surface area contributed by atoms with Gasteiger partial charge in [-0.3, -0.25) is 9.78 Å². The highest BCUT2D eigenvalue weighted by atomic mass is 35.5. The number of aromatic nitrogens is 2. The van der Waals surface area contributed by atoms with E-state index in [4.69, 9.17) is 27.1 Å². The molecule has 188 valence electrons. The largest absolute Gasteiger partial charge is 0.380 e. The Morgan fingerprint density at radius 3 is 2.69 bits per heavy atom. The fourth-order valence-electron chi connectivity index (χ4n) is 4.19. The first kappa shape index (κ1) is 25.8. The van der Waals surface area contributed by atoms with E-state index < -0.39 is 5.91 Å². The van der Waals surface area contributed by atoms with Crippen LogP contribution >= 0.6 is 11.6 Å². The maximum Gasteiger partial charge on any atom is 0.248 e.